The Kier molecular flexibility index (Phi) is 3.65. The molecule has 1 N–H and O–H groups in total. The van der Waals surface area contributed by atoms with Crippen molar-refractivity contribution in [1.82, 2.24) is 4.90 Å². The predicted octanol–water partition coefficient (Wildman–Crippen LogP) is 2.07. The number of likely N-dealkylation sites (tertiary alicyclic amines) is 1. The molecular formula is C14H17NO3. The third-order valence-electron chi connectivity index (χ3n) is 3.52. The number of carbonyl (C=O) groups is 2. The van der Waals surface area contributed by atoms with Gasteiger partial charge in [0.15, 0.2) is 0 Å². The van der Waals surface area contributed by atoms with Gasteiger partial charge in [0.25, 0.3) is 0 Å². The molecule has 4 heteroatoms. The van der Waals surface area contributed by atoms with Gasteiger partial charge in [-0.3, -0.25) is 9.59 Å². The summed E-state index contributed by atoms with van der Waals surface area (Å²) in [6, 6.07) is 9.63. The first kappa shape index (κ1) is 12.6. The minimum atomic E-state index is -1.01. The molecule has 1 amide bonds. The Morgan fingerprint density at radius 2 is 2.06 bits per heavy atom. The van der Waals surface area contributed by atoms with Gasteiger partial charge >= 0.3 is 5.97 Å². The second-order valence-corrected chi connectivity index (χ2v) is 4.65. The second-order valence-electron chi connectivity index (χ2n) is 4.65. The van der Waals surface area contributed by atoms with Crippen LogP contribution in [-0.4, -0.2) is 28.4 Å². The van der Waals surface area contributed by atoms with E-state index in [0.29, 0.717) is 13.0 Å². The van der Waals surface area contributed by atoms with Crippen LogP contribution in [0, 0.1) is 5.92 Å². The molecule has 96 valence electrons. The number of carboxylic acids is 1. The fourth-order valence-electron chi connectivity index (χ4n) is 2.42. The zero-order valence-corrected chi connectivity index (χ0v) is 10.4. The highest BCUT2D eigenvalue weighted by molar-refractivity contribution is 5.97. The first-order valence-corrected chi connectivity index (χ1v) is 6.19. The van der Waals surface area contributed by atoms with E-state index in [1.54, 1.807) is 4.90 Å². The molecule has 0 aromatic heterocycles. The molecular weight excluding hydrogens is 230 g/mol. The summed E-state index contributed by atoms with van der Waals surface area (Å²) in [5.41, 5.74) is 1.04. The largest absolute Gasteiger partial charge is 0.481 e. The van der Waals surface area contributed by atoms with Crippen molar-refractivity contribution in [3.8, 4) is 0 Å². The second kappa shape index (κ2) is 5.21. The van der Waals surface area contributed by atoms with Crippen LogP contribution in [0.1, 0.15) is 31.4 Å². The van der Waals surface area contributed by atoms with E-state index in [0.717, 1.165) is 12.0 Å². The fraction of sp³-hybridized carbons (Fsp3) is 0.429. The van der Waals surface area contributed by atoms with Crippen molar-refractivity contribution in [2.45, 2.75) is 25.8 Å². The van der Waals surface area contributed by atoms with Crippen molar-refractivity contribution >= 4 is 11.9 Å². The molecule has 1 fully saturated rings. The molecule has 0 spiro atoms. The molecule has 2 rings (SSSR count). The number of benzene rings is 1. The van der Waals surface area contributed by atoms with Gasteiger partial charge in [-0.2, -0.15) is 0 Å². The van der Waals surface area contributed by atoms with Gasteiger partial charge in [0.1, 0.15) is 5.92 Å². The lowest BCUT2D eigenvalue weighted by Crippen LogP contribution is -2.45. The molecule has 2 atom stereocenters. The maximum absolute atomic E-state index is 12.1. The lowest BCUT2D eigenvalue weighted by Gasteiger charge is -2.35. The summed E-state index contributed by atoms with van der Waals surface area (Å²) in [5, 5.41) is 9.03. The number of amides is 1. The Morgan fingerprint density at radius 3 is 2.67 bits per heavy atom. The van der Waals surface area contributed by atoms with E-state index in [9.17, 15) is 9.59 Å². The fourth-order valence-corrected chi connectivity index (χ4v) is 2.42. The third-order valence-corrected chi connectivity index (χ3v) is 3.52. The summed E-state index contributed by atoms with van der Waals surface area (Å²) in [6.45, 7) is 2.58. The first-order valence-electron chi connectivity index (χ1n) is 6.19. The van der Waals surface area contributed by atoms with E-state index in [1.165, 1.54) is 0 Å². The van der Waals surface area contributed by atoms with Crippen LogP contribution in [0.4, 0.5) is 0 Å². The van der Waals surface area contributed by atoms with Crippen molar-refractivity contribution < 1.29 is 14.7 Å². The van der Waals surface area contributed by atoms with E-state index in [1.807, 2.05) is 37.3 Å². The zero-order chi connectivity index (χ0) is 13.1. The highest BCUT2D eigenvalue weighted by atomic mass is 16.4. The first-order chi connectivity index (χ1) is 8.61. The maximum Gasteiger partial charge on any atom is 0.316 e. The van der Waals surface area contributed by atoms with Gasteiger partial charge in [-0.05, 0) is 25.3 Å². The van der Waals surface area contributed by atoms with Crippen LogP contribution in [0.2, 0.25) is 0 Å². The Balaban J connectivity index is 2.18. The monoisotopic (exact) mass is 247 g/mol. The number of hydrogen-bond donors (Lipinski definition) is 1. The van der Waals surface area contributed by atoms with E-state index in [4.69, 9.17) is 5.11 Å². The molecule has 0 radical (unpaired) electrons. The quantitative estimate of drug-likeness (QED) is 0.832. The molecule has 18 heavy (non-hydrogen) atoms. The number of nitrogens with zero attached hydrogens (tertiary/aromatic N) is 1. The van der Waals surface area contributed by atoms with Crippen molar-refractivity contribution in [1.29, 1.82) is 0 Å². The molecule has 1 aliphatic rings. The Morgan fingerprint density at radius 1 is 1.39 bits per heavy atom. The number of hydrogen-bond acceptors (Lipinski definition) is 2. The predicted molar refractivity (Wildman–Crippen MR) is 66.9 cm³/mol. The molecule has 1 aromatic rings. The van der Waals surface area contributed by atoms with E-state index < -0.39 is 11.9 Å². The van der Waals surface area contributed by atoms with Crippen molar-refractivity contribution in [2.24, 2.45) is 5.92 Å². The van der Waals surface area contributed by atoms with Crippen LogP contribution in [0.15, 0.2) is 30.3 Å². The van der Waals surface area contributed by atoms with Crippen molar-refractivity contribution in [3.63, 3.8) is 0 Å². The molecule has 1 saturated heterocycles. The highest BCUT2D eigenvalue weighted by Crippen LogP contribution is 2.27. The van der Waals surface area contributed by atoms with Crippen LogP contribution >= 0.6 is 0 Å². The summed E-state index contributed by atoms with van der Waals surface area (Å²) in [5.74, 6) is -2.14. The van der Waals surface area contributed by atoms with Gasteiger partial charge in [-0.25, -0.2) is 0 Å². The van der Waals surface area contributed by atoms with Gasteiger partial charge in [0, 0.05) is 6.54 Å². The minimum absolute atomic E-state index is 0.0687. The van der Waals surface area contributed by atoms with E-state index in [2.05, 4.69) is 0 Å². The van der Waals surface area contributed by atoms with E-state index >= 15 is 0 Å². The molecule has 0 aliphatic carbocycles. The maximum atomic E-state index is 12.1. The van der Waals surface area contributed by atoms with Gasteiger partial charge in [-0.15, -0.1) is 0 Å². The van der Waals surface area contributed by atoms with Gasteiger partial charge in [0.2, 0.25) is 5.91 Å². The lowest BCUT2D eigenvalue weighted by atomic mass is 9.94. The standard InChI is InChI=1S/C14H17NO3/c1-10(11-6-3-2-4-7-11)15-9-5-8-12(13(15)16)14(17)18/h2-4,6-7,10,12H,5,8-9H2,1H3,(H,17,18)/t10-,12+/m1/s1. The summed E-state index contributed by atoms with van der Waals surface area (Å²) in [6.07, 6.45) is 1.20. The SMILES string of the molecule is C[C@H](c1ccccc1)N1CCC[C@H](C(=O)O)C1=O. The molecule has 1 heterocycles. The minimum Gasteiger partial charge on any atom is -0.481 e. The number of aliphatic carboxylic acids is 1. The molecule has 4 nitrogen and oxygen atoms in total. The Labute approximate surface area is 106 Å². The summed E-state index contributed by atoms with van der Waals surface area (Å²) < 4.78 is 0. The number of rotatable bonds is 3. The average Bonchev–Trinajstić information content (AvgIpc) is 2.39. The van der Waals surface area contributed by atoms with Crippen LogP contribution in [-0.2, 0) is 9.59 Å². The zero-order valence-electron chi connectivity index (χ0n) is 10.4. The van der Waals surface area contributed by atoms with Gasteiger partial charge in [0.05, 0.1) is 6.04 Å². The topological polar surface area (TPSA) is 57.6 Å². The lowest BCUT2D eigenvalue weighted by molar-refractivity contribution is -0.155. The number of carbonyl (C=O) groups excluding carboxylic acids is 1. The number of carboxylic acid groups (broad SMARTS) is 1. The summed E-state index contributed by atoms with van der Waals surface area (Å²) >= 11 is 0. The van der Waals surface area contributed by atoms with Crippen LogP contribution in [0.25, 0.3) is 0 Å². The summed E-state index contributed by atoms with van der Waals surface area (Å²) in [4.78, 5) is 24.8. The van der Waals surface area contributed by atoms with E-state index in [-0.39, 0.29) is 11.9 Å². The highest BCUT2D eigenvalue weighted by Gasteiger charge is 2.36. The normalized spacial score (nSPS) is 21.7. The smallest absolute Gasteiger partial charge is 0.316 e. The Hall–Kier alpha value is -1.84. The van der Waals surface area contributed by atoms with Crippen LogP contribution in [0.5, 0.6) is 0 Å². The van der Waals surface area contributed by atoms with Gasteiger partial charge < -0.3 is 10.0 Å². The molecule has 1 aromatic carbocycles. The van der Waals surface area contributed by atoms with Crippen molar-refractivity contribution in [2.75, 3.05) is 6.54 Å². The van der Waals surface area contributed by atoms with Crippen LogP contribution in [0.3, 0.4) is 0 Å². The Bertz CT molecular complexity index is 444. The molecule has 0 saturated carbocycles. The van der Waals surface area contributed by atoms with Crippen molar-refractivity contribution in [3.05, 3.63) is 35.9 Å². The van der Waals surface area contributed by atoms with Gasteiger partial charge in [-0.1, -0.05) is 30.3 Å². The molecule has 1 aliphatic heterocycles. The molecule has 0 unspecified atom stereocenters. The number of piperidine rings is 1. The van der Waals surface area contributed by atoms with Crippen LogP contribution < -0.4 is 0 Å². The average molecular weight is 247 g/mol. The molecule has 0 bridgehead atoms. The summed E-state index contributed by atoms with van der Waals surface area (Å²) in [7, 11) is 0. The third kappa shape index (κ3) is 2.37.